The standard InChI is InChI=1S/C21H31N3O3S/c1-15-12-23(13-16(2)27-15)9-5-8-22-21(26)17-10-20(25)24(14-17)18-6-4-7-19(11-18)28-3/h4,6-7,11,15-17H,5,8-10,12-14H2,1-3H3,(H,22,26)/t15-,16-,17+/m0/s1. The quantitative estimate of drug-likeness (QED) is 0.557. The summed E-state index contributed by atoms with van der Waals surface area (Å²) in [6.45, 7) is 8.14. The Bertz CT molecular complexity index is 689. The van der Waals surface area contributed by atoms with Crippen molar-refractivity contribution in [2.45, 2.75) is 43.8 Å². The van der Waals surface area contributed by atoms with Crippen molar-refractivity contribution >= 4 is 29.3 Å². The number of anilines is 1. The lowest BCUT2D eigenvalue weighted by atomic mass is 10.1. The molecular formula is C21H31N3O3S. The third-order valence-corrected chi connectivity index (χ3v) is 6.03. The second-order valence-electron chi connectivity index (χ2n) is 7.77. The van der Waals surface area contributed by atoms with Gasteiger partial charge in [0, 0.05) is 49.7 Å². The minimum atomic E-state index is -0.270. The van der Waals surface area contributed by atoms with Crippen LogP contribution in [0.1, 0.15) is 26.7 Å². The monoisotopic (exact) mass is 405 g/mol. The molecule has 6 nitrogen and oxygen atoms in total. The largest absolute Gasteiger partial charge is 0.373 e. The number of carbonyl (C=O) groups is 2. The van der Waals surface area contributed by atoms with Crippen LogP contribution in [0.15, 0.2) is 29.2 Å². The highest BCUT2D eigenvalue weighted by Gasteiger charge is 2.35. The lowest BCUT2D eigenvalue weighted by Gasteiger charge is -2.35. The number of rotatable bonds is 7. The van der Waals surface area contributed by atoms with Crippen molar-refractivity contribution in [2.75, 3.05) is 43.9 Å². The zero-order chi connectivity index (χ0) is 20.1. The van der Waals surface area contributed by atoms with Crippen molar-refractivity contribution in [3.8, 4) is 0 Å². The molecule has 2 fully saturated rings. The fraction of sp³-hybridized carbons (Fsp3) is 0.619. The Hall–Kier alpha value is -1.57. The molecule has 0 unspecified atom stereocenters. The summed E-state index contributed by atoms with van der Waals surface area (Å²) in [5, 5.41) is 3.02. The Morgan fingerprint density at radius 1 is 1.25 bits per heavy atom. The number of ether oxygens (including phenoxy) is 1. The predicted octanol–water partition coefficient (Wildman–Crippen LogP) is 2.38. The van der Waals surface area contributed by atoms with E-state index in [0.29, 0.717) is 13.1 Å². The van der Waals surface area contributed by atoms with Crippen molar-refractivity contribution in [3.05, 3.63) is 24.3 Å². The Kier molecular flexibility index (Phi) is 7.37. The molecule has 2 heterocycles. The predicted molar refractivity (Wildman–Crippen MR) is 113 cm³/mol. The Morgan fingerprint density at radius 2 is 2.00 bits per heavy atom. The molecule has 0 aromatic heterocycles. The van der Waals surface area contributed by atoms with Crippen molar-refractivity contribution in [3.63, 3.8) is 0 Å². The van der Waals surface area contributed by atoms with Gasteiger partial charge in [-0.25, -0.2) is 0 Å². The van der Waals surface area contributed by atoms with Gasteiger partial charge in [-0.05, 0) is 44.7 Å². The lowest BCUT2D eigenvalue weighted by molar-refractivity contribution is -0.126. The SMILES string of the molecule is CSc1cccc(N2C[C@H](C(=O)NCCCN3C[C@H](C)O[C@@H](C)C3)CC2=O)c1. The second-order valence-corrected chi connectivity index (χ2v) is 8.65. The maximum Gasteiger partial charge on any atom is 0.227 e. The molecule has 1 aromatic rings. The van der Waals surface area contributed by atoms with Crippen LogP contribution in [0, 0.1) is 5.92 Å². The highest BCUT2D eigenvalue weighted by Crippen LogP contribution is 2.28. The zero-order valence-corrected chi connectivity index (χ0v) is 17.8. The molecule has 2 aliphatic heterocycles. The van der Waals surface area contributed by atoms with Gasteiger partial charge in [-0.2, -0.15) is 0 Å². The average molecular weight is 406 g/mol. The Balaban J connectivity index is 1.43. The van der Waals surface area contributed by atoms with Gasteiger partial charge < -0.3 is 15.0 Å². The van der Waals surface area contributed by atoms with E-state index in [9.17, 15) is 9.59 Å². The van der Waals surface area contributed by atoms with Crippen molar-refractivity contribution in [1.82, 2.24) is 10.2 Å². The summed E-state index contributed by atoms with van der Waals surface area (Å²) in [5.74, 6) is -0.260. The van der Waals surface area contributed by atoms with Gasteiger partial charge in [0.15, 0.2) is 0 Å². The summed E-state index contributed by atoms with van der Waals surface area (Å²) >= 11 is 1.65. The fourth-order valence-electron chi connectivity index (χ4n) is 4.04. The number of nitrogens with zero attached hydrogens (tertiary/aromatic N) is 2. The first-order valence-electron chi connectivity index (χ1n) is 10.1. The van der Waals surface area contributed by atoms with Gasteiger partial charge in [-0.15, -0.1) is 11.8 Å². The van der Waals surface area contributed by atoms with E-state index >= 15 is 0 Å². The summed E-state index contributed by atoms with van der Waals surface area (Å²) in [6, 6.07) is 7.92. The minimum absolute atomic E-state index is 0.0133. The van der Waals surface area contributed by atoms with E-state index in [4.69, 9.17) is 4.74 Å². The van der Waals surface area contributed by atoms with Gasteiger partial charge in [0.1, 0.15) is 0 Å². The van der Waals surface area contributed by atoms with E-state index in [2.05, 4.69) is 24.1 Å². The number of hydrogen-bond donors (Lipinski definition) is 1. The van der Waals surface area contributed by atoms with Gasteiger partial charge >= 0.3 is 0 Å². The Labute approximate surface area is 172 Å². The summed E-state index contributed by atoms with van der Waals surface area (Å²) in [7, 11) is 0. The molecule has 1 aromatic carbocycles. The van der Waals surface area contributed by atoms with Gasteiger partial charge in [-0.1, -0.05) is 6.07 Å². The van der Waals surface area contributed by atoms with Crippen LogP contribution >= 0.6 is 11.8 Å². The smallest absolute Gasteiger partial charge is 0.227 e. The third-order valence-electron chi connectivity index (χ3n) is 5.31. The number of morpholine rings is 1. The van der Waals surface area contributed by atoms with Gasteiger partial charge in [0.05, 0.1) is 18.1 Å². The van der Waals surface area contributed by atoms with Crippen LogP contribution in [0.2, 0.25) is 0 Å². The van der Waals surface area contributed by atoms with E-state index in [1.807, 2.05) is 30.5 Å². The first-order valence-corrected chi connectivity index (χ1v) is 11.3. The molecule has 1 N–H and O–H groups in total. The summed E-state index contributed by atoms with van der Waals surface area (Å²) < 4.78 is 5.75. The molecular weight excluding hydrogens is 374 g/mol. The third kappa shape index (κ3) is 5.49. The van der Waals surface area contributed by atoms with Crippen LogP contribution < -0.4 is 10.2 Å². The van der Waals surface area contributed by atoms with E-state index in [0.717, 1.165) is 36.6 Å². The first-order chi connectivity index (χ1) is 13.5. The molecule has 0 aliphatic carbocycles. The second kappa shape index (κ2) is 9.76. The molecule has 0 spiro atoms. The van der Waals surface area contributed by atoms with E-state index in [1.54, 1.807) is 16.7 Å². The van der Waals surface area contributed by atoms with Crippen LogP contribution in [-0.4, -0.2) is 67.9 Å². The van der Waals surface area contributed by atoms with Gasteiger partial charge in [-0.3, -0.25) is 14.5 Å². The molecule has 3 atom stereocenters. The van der Waals surface area contributed by atoms with E-state index < -0.39 is 0 Å². The van der Waals surface area contributed by atoms with Crippen molar-refractivity contribution < 1.29 is 14.3 Å². The molecule has 28 heavy (non-hydrogen) atoms. The lowest BCUT2D eigenvalue weighted by Crippen LogP contribution is -2.46. The van der Waals surface area contributed by atoms with Crippen LogP contribution in [-0.2, 0) is 14.3 Å². The maximum atomic E-state index is 12.5. The number of thioether (sulfide) groups is 1. The molecule has 2 aliphatic rings. The van der Waals surface area contributed by atoms with Gasteiger partial charge in [0.2, 0.25) is 11.8 Å². The number of carbonyl (C=O) groups excluding carboxylic acids is 2. The number of amides is 2. The summed E-state index contributed by atoms with van der Waals surface area (Å²) in [5.41, 5.74) is 0.878. The molecule has 2 amide bonds. The zero-order valence-electron chi connectivity index (χ0n) is 17.0. The molecule has 7 heteroatoms. The van der Waals surface area contributed by atoms with Crippen molar-refractivity contribution in [2.24, 2.45) is 5.92 Å². The Morgan fingerprint density at radius 3 is 2.71 bits per heavy atom. The van der Waals surface area contributed by atoms with Crippen LogP contribution in [0.3, 0.4) is 0 Å². The number of nitrogens with one attached hydrogen (secondary N) is 1. The number of hydrogen-bond acceptors (Lipinski definition) is 5. The molecule has 154 valence electrons. The molecule has 2 saturated heterocycles. The van der Waals surface area contributed by atoms with Crippen LogP contribution in [0.5, 0.6) is 0 Å². The number of benzene rings is 1. The van der Waals surface area contributed by atoms with E-state index in [1.165, 1.54) is 0 Å². The summed E-state index contributed by atoms with van der Waals surface area (Å²) in [6.07, 6.45) is 3.73. The van der Waals surface area contributed by atoms with Gasteiger partial charge in [0.25, 0.3) is 0 Å². The maximum absolute atomic E-state index is 12.5. The summed E-state index contributed by atoms with van der Waals surface area (Å²) in [4.78, 5) is 30.2. The average Bonchev–Trinajstić information content (AvgIpc) is 3.06. The molecule has 0 radical (unpaired) electrons. The highest BCUT2D eigenvalue weighted by molar-refractivity contribution is 7.98. The first kappa shape index (κ1) is 21.1. The van der Waals surface area contributed by atoms with E-state index in [-0.39, 0.29) is 36.4 Å². The van der Waals surface area contributed by atoms with Crippen LogP contribution in [0.25, 0.3) is 0 Å². The van der Waals surface area contributed by atoms with Crippen molar-refractivity contribution in [1.29, 1.82) is 0 Å². The molecule has 0 bridgehead atoms. The fourth-order valence-corrected chi connectivity index (χ4v) is 4.49. The molecule has 0 saturated carbocycles. The molecule has 3 rings (SSSR count). The van der Waals surface area contributed by atoms with Crippen LogP contribution in [0.4, 0.5) is 5.69 Å². The normalized spacial score (nSPS) is 25.9. The highest BCUT2D eigenvalue weighted by atomic mass is 32.2. The minimum Gasteiger partial charge on any atom is -0.373 e. The topological polar surface area (TPSA) is 61.9 Å².